The van der Waals surface area contributed by atoms with E-state index in [1.54, 1.807) is 0 Å². The quantitative estimate of drug-likeness (QED) is 0.925. The number of halogens is 2. The summed E-state index contributed by atoms with van der Waals surface area (Å²) in [4.78, 5) is 14.1. The number of hydrogen-bond acceptors (Lipinski definition) is 2. The van der Waals surface area contributed by atoms with Gasteiger partial charge < -0.3 is 10.2 Å². The van der Waals surface area contributed by atoms with Gasteiger partial charge in [-0.05, 0) is 37.1 Å². The van der Waals surface area contributed by atoms with Gasteiger partial charge in [0.15, 0.2) is 11.6 Å². The van der Waals surface area contributed by atoms with E-state index >= 15 is 0 Å². The Hall–Kier alpha value is -1.49. The Morgan fingerprint density at radius 3 is 2.76 bits per heavy atom. The van der Waals surface area contributed by atoms with Crippen LogP contribution in [-0.2, 0) is 11.2 Å². The van der Waals surface area contributed by atoms with Crippen LogP contribution in [0.3, 0.4) is 0 Å². The standard InChI is InChI=1S/C16H22F2N2O/c1-3-12-10-20(7-6-15(12)19-2)16(21)9-11-4-5-13(17)14(18)8-11/h4-5,8,12,15,19H,3,6-7,9-10H2,1-2H3. The van der Waals surface area contributed by atoms with E-state index in [4.69, 9.17) is 0 Å². The topological polar surface area (TPSA) is 32.3 Å². The molecule has 1 fully saturated rings. The molecule has 0 aromatic heterocycles. The van der Waals surface area contributed by atoms with Crippen LogP contribution < -0.4 is 5.32 Å². The number of rotatable bonds is 4. The van der Waals surface area contributed by atoms with Crippen LogP contribution >= 0.6 is 0 Å². The van der Waals surface area contributed by atoms with Crippen LogP contribution in [0.1, 0.15) is 25.3 Å². The number of piperidine rings is 1. The van der Waals surface area contributed by atoms with Crippen molar-refractivity contribution in [2.45, 2.75) is 32.2 Å². The Balaban J connectivity index is 1.98. The normalized spacial score (nSPS) is 22.4. The van der Waals surface area contributed by atoms with Gasteiger partial charge in [0.2, 0.25) is 5.91 Å². The molecule has 1 aromatic carbocycles. The molecule has 1 amide bonds. The van der Waals surface area contributed by atoms with Crippen molar-refractivity contribution < 1.29 is 13.6 Å². The molecule has 0 spiro atoms. The Morgan fingerprint density at radius 2 is 2.14 bits per heavy atom. The van der Waals surface area contributed by atoms with E-state index in [0.29, 0.717) is 24.1 Å². The summed E-state index contributed by atoms with van der Waals surface area (Å²) in [6.45, 7) is 3.56. The first-order valence-electron chi connectivity index (χ1n) is 7.44. The fourth-order valence-corrected chi connectivity index (χ4v) is 2.99. The molecule has 0 saturated carbocycles. The molecule has 116 valence electrons. The number of amides is 1. The molecule has 1 heterocycles. The molecule has 1 N–H and O–H groups in total. The van der Waals surface area contributed by atoms with Crippen molar-refractivity contribution in [2.24, 2.45) is 5.92 Å². The highest BCUT2D eigenvalue weighted by atomic mass is 19.2. The van der Waals surface area contributed by atoms with E-state index in [-0.39, 0.29) is 12.3 Å². The minimum absolute atomic E-state index is 0.0194. The van der Waals surface area contributed by atoms with Gasteiger partial charge in [-0.1, -0.05) is 19.4 Å². The lowest BCUT2D eigenvalue weighted by atomic mass is 9.90. The summed E-state index contributed by atoms with van der Waals surface area (Å²) in [6, 6.07) is 4.08. The number of carbonyl (C=O) groups is 1. The molecule has 2 rings (SSSR count). The summed E-state index contributed by atoms with van der Waals surface area (Å²) >= 11 is 0. The maximum Gasteiger partial charge on any atom is 0.227 e. The lowest BCUT2D eigenvalue weighted by Crippen LogP contribution is -2.50. The molecular weight excluding hydrogens is 274 g/mol. The van der Waals surface area contributed by atoms with Crippen molar-refractivity contribution in [1.29, 1.82) is 0 Å². The van der Waals surface area contributed by atoms with Gasteiger partial charge in [-0.2, -0.15) is 0 Å². The molecule has 1 aliphatic heterocycles. The Kier molecular flexibility index (Phi) is 5.28. The lowest BCUT2D eigenvalue weighted by Gasteiger charge is -2.38. The van der Waals surface area contributed by atoms with Crippen molar-refractivity contribution in [1.82, 2.24) is 10.2 Å². The molecule has 3 nitrogen and oxygen atoms in total. The highest BCUT2D eigenvalue weighted by molar-refractivity contribution is 5.78. The van der Waals surface area contributed by atoms with Crippen LogP contribution in [0.4, 0.5) is 8.78 Å². The number of nitrogens with zero attached hydrogens (tertiary/aromatic N) is 1. The Bertz CT molecular complexity index is 507. The SMILES string of the molecule is CCC1CN(C(=O)Cc2ccc(F)c(F)c2)CCC1NC. The van der Waals surface area contributed by atoms with E-state index in [9.17, 15) is 13.6 Å². The van der Waals surface area contributed by atoms with Gasteiger partial charge in [0.1, 0.15) is 0 Å². The summed E-state index contributed by atoms with van der Waals surface area (Å²) in [6.07, 6.45) is 2.07. The van der Waals surface area contributed by atoms with Gasteiger partial charge in [-0.15, -0.1) is 0 Å². The van der Waals surface area contributed by atoms with Crippen molar-refractivity contribution in [3.05, 3.63) is 35.4 Å². The first-order chi connectivity index (χ1) is 10.0. The first-order valence-corrected chi connectivity index (χ1v) is 7.44. The van der Waals surface area contributed by atoms with E-state index in [2.05, 4.69) is 12.2 Å². The number of likely N-dealkylation sites (tertiary alicyclic amines) is 1. The summed E-state index contributed by atoms with van der Waals surface area (Å²) in [7, 11) is 1.95. The third-order valence-corrected chi connectivity index (χ3v) is 4.32. The smallest absolute Gasteiger partial charge is 0.227 e. The average Bonchev–Trinajstić information content (AvgIpc) is 2.50. The highest BCUT2D eigenvalue weighted by Gasteiger charge is 2.29. The second-order valence-electron chi connectivity index (χ2n) is 5.62. The molecule has 0 aliphatic carbocycles. The van der Waals surface area contributed by atoms with Crippen molar-refractivity contribution in [3.8, 4) is 0 Å². The first kappa shape index (κ1) is 15.9. The number of nitrogens with one attached hydrogen (secondary N) is 1. The molecule has 0 bridgehead atoms. The molecule has 5 heteroatoms. The molecule has 1 aromatic rings. The fourth-order valence-electron chi connectivity index (χ4n) is 2.99. The number of hydrogen-bond donors (Lipinski definition) is 1. The Morgan fingerprint density at radius 1 is 1.38 bits per heavy atom. The molecule has 21 heavy (non-hydrogen) atoms. The van der Waals surface area contributed by atoms with Crippen molar-refractivity contribution in [3.63, 3.8) is 0 Å². The van der Waals surface area contributed by atoms with Crippen LogP contribution in [0.25, 0.3) is 0 Å². The van der Waals surface area contributed by atoms with E-state index in [1.807, 2.05) is 11.9 Å². The fraction of sp³-hybridized carbons (Fsp3) is 0.562. The van der Waals surface area contributed by atoms with Crippen LogP contribution in [0, 0.1) is 17.6 Å². The number of benzene rings is 1. The molecule has 2 unspecified atom stereocenters. The number of carbonyl (C=O) groups excluding carboxylic acids is 1. The average molecular weight is 296 g/mol. The van der Waals surface area contributed by atoms with Crippen molar-refractivity contribution >= 4 is 5.91 Å². The summed E-state index contributed by atoms with van der Waals surface area (Å²) < 4.78 is 26.1. The summed E-state index contributed by atoms with van der Waals surface area (Å²) in [5.41, 5.74) is 0.516. The van der Waals surface area contributed by atoms with Crippen LogP contribution in [0.15, 0.2) is 18.2 Å². The largest absolute Gasteiger partial charge is 0.342 e. The van der Waals surface area contributed by atoms with Gasteiger partial charge in [0.05, 0.1) is 6.42 Å². The van der Waals surface area contributed by atoms with Crippen LogP contribution in [0.5, 0.6) is 0 Å². The molecule has 1 aliphatic rings. The third-order valence-electron chi connectivity index (χ3n) is 4.32. The Labute approximate surface area is 124 Å². The molecule has 1 saturated heterocycles. The zero-order chi connectivity index (χ0) is 15.4. The zero-order valence-electron chi connectivity index (χ0n) is 12.5. The van der Waals surface area contributed by atoms with Crippen LogP contribution in [0.2, 0.25) is 0 Å². The highest BCUT2D eigenvalue weighted by Crippen LogP contribution is 2.21. The van der Waals surface area contributed by atoms with E-state index in [0.717, 1.165) is 31.5 Å². The molecular formula is C16H22F2N2O. The van der Waals surface area contributed by atoms with Gasteiger partial charge >= 0.3 is 0 Å². The molecule has 2 atom stereocenters. The third kappa shape index (κ3) is 3.79. The second kappa shape index (κ2) is 6.98. The molecule has 0 radical (unpaired) electrons. The maximum atomic E-state index is 13.2. The predicted molar refractivity (Wildman–Crippen MR) is 77.9 cm³/mol. The van der Waals surface area contributed by atoms with Gasteiger partial charge in [-0.25, -0.2) is 8.78 Å². The van der Waals surface area contributed by atoms with Crippen LogP contribution in [-0.4, -0.2) is 37.0 Å². The van der Waals surface area contributed by atoms with Gasteiger partial charge in [0.25, 0.3) is 0 Å². The van der Waals surface area contributed by atoms with Crippen molar-refractivity contribution in [2.75, 3.05) is 20.1 Å². The van der Waals surface area contributed by atoms with E-state index < -0.39 is 11.6 Å². The maximum absolute atomic E-state index is 13.2. The minimum atomic E-state index is -0.902. The summed E-state index contributed by atoms with van der Waals surface area (Å²) in [5, 5.41) is 3.30. The van der Waals surface area contributed by atoms with Gasteiger partial charge in [-0.3, -0.25) is 4.79 Å². The van der Waals surface area contributed by atoms with Gasteiger partial charge in [0, 0.05) is 19.1 Å². The van der Waals surface area contributed by atoms with E-state index in [1.165, 1.54) is 6.07 Å². The zero-order valence-corrected chi connectivity index (χ0v) is 12.5. The lowest BCUT2D eigenvalue weighted by molar-refractivity contribution is -0.132. The predicted octanol–water partition coefficient (Wildman–Crippen LogP) is 2.35. The second-order valence-corrected chi connectivity index (χ2v) is 5.62. The summed E-state index contributed by atoms with van der Waals surface area (Å²) in [5.74, 6) is -1.36. The minimum Gasteiger partial charge on any atom is -0.342 e. The monoisotopic (exact) mass is 296 g/mol.